The molecule has 0 spiro atoms. The Bertz CT molecular complexity index is 611. The number of carbonyl (C=O) groups is 1. The number of nitrogens with one attached hydrogen (secondary N) is 2. The van der Waals surface area contributed by atoms with E-state index in [9.17, 15) is 4.79 Å². The largest absolute Gasteiger partial charge is 0.298 e. The average Bonchev–Trinajstić information content (AvgIpc) is 2.53. The van der Waals surface area contributed by atoms with Gasteiger partial charge in [0.25, 0.3) is 5.91 Å². The summed E-state index contributed by atoms with van der Waals surface area (Å²) in [5.74, 6) is 0.266. The van der Waals surface area contributed by atoms with Crippen molar-refractivity contribution in [3.63, 3.8) is 0 Å². The maximum absolute atomic E-state index is 12.3. The van der Waals surface area contributed by atoms with Crippen LogP contribution >= 0.6 is 11.8 Å². The van der Waals surface area contributed by atoms with E-state index in [1.807, 2.05) is 48.7 Å². The predicted molar refractivity (Wildman–Crippen MR) is 89.8 cm³/mol. The van der Waals surface area contributed by atoms with E-state index in [0.717, 1.165) is 10.6 Å². The minimum absolute atomic E-state index is 0.128. The van der Waals surface area contributed by atoms with Gasteiger partial charge in [0.2, 0.25) is 0 Å². The van der Waals surface area contributed by atoms with E-state index in [4.69, 9.17) is 0 Å². The van der Waals surface area contributed by atoms with Crippen molar-refractivity contribution < 1.29 is 4.79 Å². The van der Waals surface area contributed by atoms with E-state index in [2.05, 4.69) is 30.8 Å². The second-order valence-electron chi connectivity index (χ2n) is 5.09. The topological polar surface area (TPSA) is 41.1 Å². The van der Waals surface area contributed by atoms with Gasteiger partial charge in [-0.1, -0.05) is 32.0 Å². The number of benzene rings is 2. The lowest BCUT2D eigenvalue weighted by Crippen LogP contribution is -2.29. The van der Waals surface area contributed by atoms with Gasteiger partial charge in [-0.25, -0.2) is 0 Å². The number of hydrazine groups is 1. The van der Waals surface area contributed by atoms with Crippen molar-refractivity contribution in [1.29, 1.82) is 0 Å². The summed E-state index contributed by atoms with van der Waals surface area (Å²) < 4.78 is 0. The molecule has 110 valence electrons. The van der Waals surface area contributed by atoms with Gasteiger partial charge >= 0.3 is 0 Å². The van der Waals surface area contributed by atoms with Crippen LogP contribution in [0.25, 0.3) is 0 Å². The fourth-order valence-corrected chi connectivity index (χ4v) is 2.43. The van der Waals surface area contributed by atoms with Crippen molar-refractivity contribution >= 4 is 23.4 Å². The van der Waals surface area contributed by atoms with Gasteiger partial charge in [0.05, 0.1) is 5.69 Å². The van der Waals surface area contributed by atoms with Crippen molar-refractivity contribution in [2.45, 2.75) is 24.7 Å². The molecule has 0 aliphatic carbocycles. The van der Waals surface area contributed by atoms with Gasteiger partial charge in [-0.05, 0) is 48.1 Å². The first-order valence-corrected chi connectivity index (χ1v) is 8.13. The molecule has 0 aromatic heterocycles. The highest BCUT2D eigenvalue weighted by Crippen LogP contribution is 2.24. The highest BCUT2D eigenvalue weighted by atomic mass is 32.2. The number of carbonyl (C=O) groups excluding carboxylic acids is 1. The highest BCUT2D eigenvalue weighted by Gasteiger charge is 2.10. The zero-order valence-corrected chi connectivity index (χ0v) is 13.3. The zero-order valence-electron chi connectivity index (χ0n) is 12.5. The first-order valence-electron chi connectivity index (χ1n) is 6.90. The Hall–Kier alpha value is -1.94. The van der Waals surface area contributed by atoms with Crippen LogP contribution < -0.4 is 10.9 Å². The molecule has 0 heterocycles. The molecule has 0 bridgehead atoms. The third-order valence-corrected chi connectivity index (χ3v) is 3.89. The molecule has 4 heteroatoms. The van der Waals surface area contributed by atoms with Crippen LogP contribution in [0.15, 0.2) is 53.4 Å². The molecule has 0 atom stereocenters. The molecule has 21 heavy (non-hydrogen) atoms. The number of amides is 1. The fourth-order valence-electron chi connectivity index (χ4n) is 1.93. The zero-order chi connectivity index (χ0) is 15.2. The van der Waals surface area contributed by atoms with E-state index >= 15 is 0 Å². The normalized spacial score (nSPS) is 10.5. The second kappa shape index (κ2) is 7.18. The average molecular weight is 300 g/mol. The molecule has 3 nitrogen and oxygen atoms in total. The third kappa shape index (κ3) is 4.26. The summed E-state index contributed by atoms with van der Waals surface area (Å²) in [6, 6.07) is 15.6. The van der Waals surface area contributed by atoms with Crippen molar-refractivity contribution in [3.05, 3.63) is 59.7 Å². The van der Waals surface area contributed by atoms with Crippen LogP contribution in [-0.2, 0) is 0 Å². The van der Waals surface area contributed by atoms with Crippen LogP contribution in [0.1, 0.15) is 35.7 Å². The monoisotopic (exact) mass is 300 g/mol. The van der Waals surface area contributed by atoms with E-state index in [0.29, 0.717) is 11.5 Å². The van der Waals surface area contributed by atoms with Crippen molar-refractivity contribution in [2.75, 3.05) is 11.7 Å². The SMILES string of the molecule is CSc1cc(C(=O)NNc2ccccc2)cc(C(C)C)c1. The molecular formula is C17H20N2OS. The molecule has 0 unspecified atom stereocenters. The first kappa shape index (κ1) is 15.4. The standard InChI is InChI=1S/C17H20N2OS/c1-12(2)13-9-14(11-16(10-13)21-3)17(20)19-18-15-7-5-4-6-8-15/h4-12,18H,1-3H3,(H,19,20). The Kier molecular flexibility index (Phi) is 5.28. The predicted octanol–water partition coefficient (Wildman–Crippen LogP) is 4.29. The Morgan fingerprint density at radius 3 is 2.43 bits per heavy atom. The summed E-state index contributed by atoms with van der Waals surface area (Å²) in [7, 11) is 0. The van der Waals surface area contributed by atoms with Crippen LogP contribution in [0, 0.1) is 0 Å². The molecule has 2 aromatic rings. The quantitative estimate of drug-likeness (QED) is 0.639. The van der Waals surface area contributed by atoms with Gasteiger partial charge in [-0.2, -0.15) is 0 Å². The van der Waals surface area contributed by atoms with Crippen molar-refractivity contribution in [3.8, 4) is 0 Å². The number of thioether (sulfide) groups is 1. The molecule has 0 aliphatic rings. The summed E-state index contributed by atoms with van der Waals surface area (Å²) in [6.07, 6.45) is 2.02. The Labute approximate surface area is 130 Å². The molecule has 2 aromatic carbocycles. The summed E-state index contributed by atoms with van der Waals surface area (Å²) in [6.45, 7) is 4.26. The number of anilines is 1. The molecule has 0 saturated carbocycles. The number of hydrogen-bond acceptors (Lipinski definition) is 3. The lowest BCUT2D eigenvalue weighted by molar-refractivity contribution is 0.0962. The summed E-state index contributed by atoms with van der Waals surface area (Å²) >= 11 is 1.65. The van der Waals surface area contributed by atoms with E-state index < -0.39 is 0 Å². The number of rotatable bonds is 5. The smallest absolute Gasteiger partial charge is 0.269 e. The molecule has 0 fully saturated rings. The number of para-hydroxylation sites is 1. The van der Waals surface area contributed by atoms with Crippen LogP contribution in [0.3, 0.4) is 0 Å². The molecule has 0 radical (unpaired) electrons. The van der Waals surface area contributed by atoms with Crippen LogP contribution in [-0.4, -0.2) is 12.2 Å². The lowest BCUT2D eigenvalue weighted by Gasteiger charge is -2.12. The highest BCUT2D eigenvalue weighted by molar-refractivity contribution is 7.98. The van der Waals surface area contributed by atoms with E-state index in [1.165, 1.54) is 5.56 Å². The third-order valence-electron chi connectivity index (χ3n) is 3.19. The molecule has 2 N–H and O–H groups in total. The van der Waals surface area contributed by atoms with Gasteiger partial charge in [-0.3, -0.25) is 15.6 Å². The first-order chi connectivity index (χ1) is 10.1. The van der Waals surface area contributed by atoms with Gasteiger partial charge in [0.1, 0.15) is 0 Å². The number of hydrogen-bond donors (Lipinski definition) is 2. The molecule has 1 amide bonds. The van der Waals surface area contributed by atoms with Crippen molar-refractivity contribution in [2.24, 2.45) is 0 Å². The molecule has 2 rings (SSSR count). The summed E-state index contributed by atoms with van der Waals surface area (Å²) in [5.41, 5.74) is 8.36. The maximum Gasteiger partial charge on any atom is 0.269 e. The maximum atomic E-state index is 12.3. The van der Waals surface area contributed by atoms with Gasteiger partial charge in [-0.15, -0.1) is 11.8 Å². The minimum Gasteiger partial charge on any atom is -0.298 e. The molecular weight excluding hydrogens is 280 g/mol. The minimum atomic E-state index is -0.128. The van der Waals surface area contributed by atoms with Crippen LogP contribution in [0.2, 0.25) is 0 Å². The second-order valence-corrected chi connectivity index (χ2v) is 5.97. The van der Waals surface area contributed by atoms with Crippen LogP contribution in [0.5, 0.6) is 0 Å². The summed E-state index contributed by atoms with van der Waals surface area (Å²) in [5, 5.41) is 0. The Morgan fingerprint density at radius 1 is 1.10 bits per heavy atom. The van der Waals surface area contributed by atoms with Crippen LogP contribution in [0.4, 0.5) is 5.69 Å². The van der Waals surface area contributed by atoms with Gasteiger partial charge in [0.15, 0.2) is 0 Å². The van der Waals surface area contributed by atoms with E-state index in [1.54, 1.807) is 11.8 Å². The summed E-state index contributed by atoms with van der Waals surface area (Å²) in [4.78, 5) is 13.4. The van der Waals surface area contributed by atoms with Crippen molar-refractivity contribution in [1.82, 2.24) is 5.43 Å². The molecule has 0 saturated heterocycles. The Morgan fingerprint density at radius 2 is 1.81 bits per heavy atom. The Balaban J connectivity index is 2.13. The van der Waals surface area contributed by atoms with Gasteiger partial charge < -0.3 is 0 Å². The molecule has 0 aliphatic heterocycles. The fraction of sp³-hybridized carbons (Fsp3) is 0.235. The lowest BCUT2D eigenvalue weighted by atomic mass is 10.0. The van der Waals surface area contributed by atoms with Gasteiger partial charge in [0, 0.05) is 10.5 Å². The van der Waals surface area contributed by atoms with E-state index in [-0.39, 0.29) is 5.91 Å².